The van der Waals surface area contributed by atoms with Crippen LogP contribution in [-0.2, 0) is 4.79 Å². The zero-order valence-electron chi connectivity index (χ0n) is 17.4. The molecule has 1 N–H and O–H groups in total. The first-order valence-electron chi connectivity index (χ1n) is 9.98. The number of carbonyl (C=O) groups is 1. The molecule has 0 atom stereocenters. The number of aryl methyl sites for hydroxylation is 2. The van der Waals surface area contributed by atoms with E-state index in [1.807, 2.05) is 24.3 Å². The Morgan fingerprint density at radius 1 is 1.00 bits per heavy atom. The van der Waals surface area contributed by atoms with E-state index in [1.165, 1.54) is 23.4 Å². The van der Waals surface area contributed by atoms with Crippen molar-refractivity contribution in [1.82, 2.24) is 0 Å². The number of fused-ring (bicyclic) bond motifs is 1. The lowest BCUT2D eigenvalue weighted by Gasteiger charge is -2.09. The summed E-state index contributed by atoms with van der Waals surface area (Å²) in [5, 5.41) is 3.65. The highest BCUT2D eigenvalue weighted by atomic mass is 32.2. The molecule has 4 rings (SSSR count). The largest absolute Gasteiger partial charge is 0.325 e. The molecule has 6 heteroatoms. The van der Waals surface area contributed by atoms with Gasteiger partial charge in [-0.2, -0.15) is 0 Å². The predicted molar refractivity (Wildman–Crippen MR) is 128 cm³/mol. The Morgan fingerprint density at radius 2 is 1.71 bits per heavy atom. The molecule has 0 fully saturated rings. The van der Waals surface area contributed by atoms with E-state index in [0.29, 0.717) is 17.7 Å². The van der Waals surface area contributed by atoms with Gasteiger partial charge in [-0.1, -0.05) is 42.0 Å². The van der Waals surface area contributed by atoms with E-state index in [-0.39, 0.29) is 17.5 Å². The van der Waals surface area contributed by atoms with Crippen molar-refractivity contribution in [2.45, 2.75) is 20.3 Å². The SMILES string of the molecule is Cc1ccc(C2=Nc3ccccc3N=C(SCC(=O)Nc3ccc(F)c(C)c3)C2)cc1. The van der Waals surface area contributed by atoms with Crippen LogP contribution in [0, 0.1) is 19.7 Å². The molecule has 0 aliphatic carbocycles. The van der Waals surface area contributed by atoms with Gasteiger partial charge >= 0.3 is 0 Å². The van der Waals surface area contributed by atoms with Crippen molar-refractivity contribution >= 4 is 45.5 Å². The average Bonchev–Trinajstić information content (AvgIpc) is 2.95. The van der Waals surface area contributed by atoms with Gasteiger partial charge in [0.05, 0.1) is 27.9 Å². The molecule has 0 radical (unpaired) electrons. The number of nitrogens with one attached hydrogen (secondary N) is 1. The van der Waals surface area contributed by atoms with Crippen LogP contribution in [0.3, 0.4) is 0 Å². The lowest BCUT2D eigenvalue weighted by molar-refractivity contribution is -0.113. The first-order valence-corrected chi connectivity index (χ1v) is 11.0. The molecule has 0 saturated carbocycles. The van der Waals surface area contributed by atoms with Crippen molar-refractivity contribution in [2.75, 3.05) is 11.1 Å². The van der Waals surface area contributed by atoms with Gasteiger partial charge in [0.25, 0.3) is 0 Å². The van der Waals surface area contributed by atoms with Crippen molar-refractivity contribution in [1.29, 1.82) is 0 Å². The fourth-order valence-electron chi connectivity index (χ4n) is 3.22. The van der Waals surface area contributed by atoms with E-state index in [2.05, 4.69) is 36.5 Å². The van der Waals surface area contributed by atoms with Gasteiger partial charge in [0.2, 0.25) is 5.91 Å². The number of thioether (sulfide) groups is 1. The summed E-state index contributed by atoms with van der Waals surface area (Å²) in [6, 6.07) is 20.6. The number of hydrogen-bond acceptors (Lipinski definition) is 4. The minimum absolute atomic E-state index is 0.162. The molecule has 1 aliphatic heterocycles. The van der Waals surface area contributed by atoms with Gasteiger partial charge in [0.1, 0.15) is 5.82 Å². The number of anilines is 1. The molecule has 3 aromatic rings. The number of halogens is 1. The summed E-state index contributed by atoms with van der Waals surface area (Å²) in [5.74, 6) is -0.245. The average molecular weight is 432 g/mol. The third-order valence-electron chi connectivity index (χ3n) is 4.90. The van der Waals surface area contributed by atoms with Crippen LogP contribution in [0.4, 0.5) is 21.5 Å². The smallest absolute Gasteiger partial charge is 0.234 e. The van der Waals surface area contributed by atoms with Crippen molar-refractivity contribution < 1.29 is 9.18 Å². The minimum atomic E-state index is -0.290. The quantitative estimate of drug-likeness (QED) is 0.522. The van der Waals surface area contributed by atoms with Crippen LogP contribution in [0.1, 0.15) is 23.1 Å². The first kappa shape index (κ1) is 21.0. The van der Waals surface area contributed by atoms with Gasteiger partial charge in [-0.3, -0.25) is 9.79 Å². The van der Waals surface area contributed by atoms with Crippen molar-refractivity contribution in [3.05, 3.63) is 89.2 Å². The van der Waals surface area contributed by atoms with Crippen molar-refractivity contribution in [2.24, 2.45) is 9.98 Å². The summed E-state index contributed by atoms with van der Waals surface area (Å²) in [7, 11) is 0. The molecule has 4 nitrogen and oxygen atoms in total. The Kier molecular flexibility index (Phi) is 6.28. The summed E-state index contributed by atoms with van der Waals surface area (Å²) in [6.07, 6.45) is 0.547. The highest BCUT2D eigenvalue weighted by Crippen LogP contribution is 2.33. The zero-order chi connectivity index (χ0) is 21.8. The number of hydrogen-bond donors (Lipinski definition) is 1. The van der Waals surface area contributed by atoms with Gasteiger partial charge in [0.15, 0.2) is 0 Å². The van der Waals surface area contributed by atoms with Crippen LogP contribution >= 0.6 is 11.8 Å². The monoisotopic (exact) mass is 431 g/mol. The molecule has 1 amide bonds. The van der Waals surface area contributed by atoms with Crippen molar-refractivity contribution in [3.63, 3.8) is 0 Å². The number of aliphatic imine (C=N–C) groups is 2. The maximum atomic E-state index is 13.4. The van der Waals surface area contributed by atoms with Gasteiger partial charge < -0.3 is 5.32 Å². The molecule has 156 valence electrons. The number of nitrogens with zero attached hydrogens (tertiary/aromatic N) is 2. The summed E-state index contributed by atoms with van der Waals surface area (Å²) < 4.78 is 13.4. The number of carbonyl (C=O) groups excluding carboxylic acids is 1. The zero-order valence-corrected chi connectivity index (χ0v) is 18.2. The second-order valence-electron chi connectivity index (χ2n) is 7.40. The van der Waals surface area contributed by atoms with Crippen LogP contribution in [0.2, 0.25) is 0 Å². The van der Waals surface area contributed by atoms with Crippen molar-refractivity contribution in [3.8, 4) is 0 Å². The molecule has 1 aliphatic rings. The van der Waals surface area contributed by atoms with E-state index in [4.69, 9.17) is 9.98 Å². The number of amides is 1. The third-order valence-corrected chi connectivity index (χ3v) is 5.87. The second-order valence-corrected chi connectivity index (χ2v) is 8.44. The lowest BCUT2D eigenvalue weighted by atomic mass is 10.1. The summed E-state index contributed by atoms with van der Waals surface area (Å²) in [5.41, 5.74) is 5.84. The number of rotatable bonds is 4. The van der Waals surface area contributed by atoms with Gasteiger partial charge in [-0.25, -0.2) is 9.38 Å². The predicted octanol–water partition coefficient (Wildman–Crippen LogP) is 6.37. The first-order chi connectivity index (χ1) is 15.0. The molecule has 3 aromatic carbocycles. The molecule has 0 spiro atoms. The van der Waals surface area contributed by atoms with Crippen LogP contribution in [0.15, 0.2) is 76.7 Å². The highest BCUT2D eigenvalue weighted by molar-refractivity contribution is 8.14. The third kappa shape index (κ3) is 5.27. The Hall–Kier alpha value is -3.25. The maximum Gasteiger partial charge on any atom is 0.234 e. The van der Waals surface area contributed by atoms with Gasteiger partial charge in [0, 0.05) is 12.1 Å². The molecule has 0 aromatic heterocycles. The fourth-order valence-corrected chi connectivity index (χ4v) is 3.99. The van der Waals surface area contributed by atoms with E-state index in [1.54, 1.807) is 19.1 Å². The van der Waals surface area contributed by atoms with Gasteiger partial charge in [-0.05, 0) is 55.3 Å². The number of para-hydroxylation sites is 2. The van der Waals surface area contributed by atoms with E-state index in [0.717, 1.165) is 27.7 Å². The lowest BCUT2D eigenvalue weighted by Crippen LogP contribution is -2.16. The Morgan fingerprint density at radius 3 is 2.42 bits per heavy atom. The number of benzene rings is 3. The highest BCUT2D eigenvalue weighted by Gasteiger charge is 2.16. The van der Waals surface area contributed by atoms with Crippen LogP contribution < -0.4 is 5.32 Å². The Labute approximate surface area is 185 Å². The second kappa shape index (κ2) is 9.27. The maximum absolute atomic E-state index is 13.4. The molecule has 0 bridgehead atoms. The Balaban J connectivity index is 1.51. The van der Waals surface area contributed by atoms with Crippen LogP contribution in [-0.4, -0.2) is 22.4 Å². The molecule has 0 unspecified atom stereocenters. The van der Waals surface area contributed by atoms with E-state index >= 15 is 0 Å². The Bertz CT molecular complexity index is 1190. The molecule has 0 saturated heterocycles. The normalized spacial score (nSPS) is 13.0. The summed E-state index contributed by atoms with van der Waals surface area (Å²) in [4.78, 5) is 22.1. The standard InChI is InChI=1S/C25H22FN3OS/c1-16-7-9-18(10-8-16)23-14-25(29-22-6-4-3-5-21(22)28-23)31-15-24(30)27-19-11-12-20(26)17(2)13-19/h3-13H,14-15H2,1-2H3,(H,27,30). The molecular formula is C25H22FN3OS. The van der Waals surface area contributed by atoms with Crippen LogP contribution in [0.5, 0.6) is 0 Å². The van der Waals surface area contributed by atoms with E-state index < -0.39 is 0 Å². The molecule has 1 heterocycles. The van der Waals surface area contributed by atoms with Crippen LogP contribution in [0.25, 0.3) is 0 Å². The topological polar surface area (TPSA) is 53.8 Å². The van der Waals surface area contributed by atoms with E-state index in [9.17, 15) is 9.18 Å². The summed E-state index contributed by atoms with van der Waals surface area (Å²) >= 11 is 1.39. The molecular weight excluding hydrogens is 409 g/mol. The van der Waals surface area contributed by atoms with Gasteiger partial charge in [-0.15, -0.1) is 11.8 Å². The fraction of sp³-hybridized carbons (Fsp3) is 0.160. The molecule has 31 heavy (non-hydrogen) atoms. The summed E-state index contributed by atoms with van der Waals surface area (Å²) in [6.45, 7) is 3.72. The minimum Gasteiger partial charge on any atom is -0.325 e.